The smallest absolute Gasteiger partial charge is 0.338 e. The molecule has 0 amide bonds. The van der Waals surface area contributed by atoms with Gasteiger partial charge in [0, 0.05) is 10.9 Å². The molecule has 0 radical (unpaired) electrons. The molecule has 1 heterocycles. The lowest BCUT2D eigenvalue weighted by atomic mass is 10.0. The van der Waals surface area contributed by atoms with Gasteiger partial charge in [0.15, 0.2) is 0 Å². The maximum atomic E-state index is 11.4. The van der Waals surface area contributed by atoms with Gasteiger partial charge in [-0.2, -0.15) is 0 Å². The van der Waals surface area contributed by atoms with Crippen molar-refractivity contribution in [2.75, 3.05) is 0 Å². The lowest BCUT2D eigenvalue weighted by Crippen LogP contribution is -2.11. The molecule has 0 aliphatic heterocycles. The Hall–Kier alpha value is -1.03. The first-order valence-electron chi connectivity index (χ1n) is 7.17. The number of hydrogen-bond acceptors (Lipinski definition) is 3. The van der Waals surface area contributed by atoms with E-state index in [0.29, 0.717) is 10.8 Å². The summed E-state index contributed by atoms with van der Waals surface area (Å²) in [4.78, 5) is 16.1. The number of fused-ring (bicyclic) bond motifs is 1. The fourth-order valence-electron chi connectivity index (χ4n) is 3.04. The van der Waals surface area contributed by atoms with E-state index < -0.39 is 5.97 Å². The topological polar surface area (TPSA) is 50.2 Å². The maximum absolute atomic E-state index is 11.4. The molecule has 1 saturated carbocycles. The fraction of sp³-hybridized carbons (Fsp3) is 0.600. The molecule has 4 heteroatoms. The summed E-state index contributed by atoms with van der Waals surface area (Å²) in [7, 11) is 0. The number of carboxylic acids is 1. The van der Waals surface area contributed by atoms with Crippen LogP contribution in [-0.2, 0) is 12.8 Å². The van der Waals surface area contributed by atoms with Crippen molar-refractivity contribution in [3.8, 4) is 0 Å². The lowest BCUT2D eigenvalue weighted by molar-refractivity contribution is 0.0692. The van der Waals surface area contributed by atoms with Crippen molar-refractivity contribution in [3.05, 3.63) is 22.9 Å². The zero-order chi connectivity index (χ0) is 13.2. The molecular formula is C15H19NO2S. The Morgan fingerprint density at radius 2 is 2.00 bits per heavy atom. The van der Waals surface area contributed by atoms with Gasteiger partial charge in [-0.25, -0.2) is 9.78 Å². The van der Waals surface area contributed by atoms with Crippen LogP contribution in [0.15, 0.2) is 11.1 Å². The molecule has 0 aromatic carbocycles. The van der Waals surface area contributed by atoms with E-state index in [1.807, 2.05) is 6.07 Å². The number of hydrogen-bond donors (Lipinski definition) is 1. The van der Waals surface area contributed by atoms with Gasteiger partial charge in [-0.3, -0.25) is 0 Å². The number of aromatic carboxylic acids is 1. The molecule has 0 atom stereocenters. The molecule has 19 heavy (non-hydrogen) atoms. The second kappa shape index (κ2) is 5.53. The van der Waals surface area contributed by atoms with E-state index in [2.05, 4.69) is 4.98 Å². The Balaban J connectivity index is 1.87. The minimum atomic E-state index is -0.833. The highest BCUT2D eigenvalue weighted by Gasteiger charge is 2.23. The number of aromatic nitrogens is 1. The first-order chi connectivity index (χ1) is 9.24. The summed E-state index contributed by atoms with van der Waals surface area (Å²) in [6, 6.07) is 1.86. The van der Waals surface area contributed by atoms with Gasteiger partial charge >= 0.3 is 5.97 Å². The molecule has 1 aromatic heterocycles. The van der Waals surface area contributed by atoms with Crippen molar-refractivity contribution < 1.29 is 9.90 Å². The van der Waals surface area contributed by atoms with Crippen LogP contribution in [0.3, 0.4) is 0 Å². The summed E-state index contributed by atoms with van der Waals surface area (Å²) >= 11 is 1.69. The van der Waals surface area contributed by atoms with Gasteiger partial charge in [-0.1, -0.05) is 19.3 Å². The van der Waals surface area contributed by atoms with Gasteiger partial charge in [-0.05, 0) is 43.7 Å². The van der Waals surface area contributed by atoms with Gasteiger partial charge in [0.1, 0.15) is 5.03 Å². The van der Waals surface area contributed by atoms with E-state index in [-0.39, 0.29) is 0 Å². The molecule has 2 aliphatic carbocycles. The molecule has 3 rings (SSSR count). The standard InChI is InChI=1S/C15H19NO2S/c17-15(18)12-9-10-5-4-8-13(10)16-14(12)19-11-6-2-1-3-7-11/h9,11H,1-8H2,(H,17,18). The Morgan fingerprint density at radius 1 is 1.21 bits per heavy atom. The Bertz CT molecular complexity index is 495. The number of nitrogens with zero attached hydrogens (tertiary/aromatic N) is 1. The van der Waals surface area contributed by atoms with Crippen molar-refractivity contribution >= 4 is 17.7 Å². The number of pyridine rings is 1. The molecule has 3 nitrogen and oxygen atoms in total. The van der Waals surface area contributed by atoms with Gasteiger partial charge in [0.25, 0.3) is 0 Å². The number of thioether (sulfide) groups is 1. The second-order valence-corrected chi connectivity index (χ2v) is 6.77. The van der Waals surface area contributed by atoms with Crippen LogP contribution < -0.4 is 0 Å². The van der Waals surface area contributed by atoms with E-state index in [0.717, 1.165) is 35.5 Å². The lowest BCUT2D eigenvalue weighted by Gasteiger charge is -2.21. The minimum absolute atomic E-state index is 0.413. The fourth-order valence-corrected chi connectivity index (χ4v) is 4.36. The van der Waals surface area contributed by atoms with Crippen LogP contribution in [0.4, 0.5) is 0 Å². The van der Waals surface area contributed by atoms with E-state index in [1.165, 1.54) is 32.1 Å². The summed E-state index contributed by atoms with van der Waals surface area (Å²) < 4.78 is 0. The van der Waals surface area contributed by atoms with Crippen LogP contribution in [0.25, 0.3) is 0 Å². The molecule has 1 aromatic rings. The van der Waals surface area contributed by atoms with E-state index in [1.54, 1.807) is 11.8 Å². The van der Waals surface area contributed by atoms with Crippen LogP contribution >= 0.6 is 11.8 Å². The highest BCUT2D eigenvalue weighted by molar-refractivity contribution is 7.99. The van der Waals surface area contributed by atoms with Crippen LogP contribution in [0.2, 0.25) is 0 Å². The number of carboxylic acid groups (broad SMARTS) is 1. The molecule has 2 aliphatic rings. The normalized spacial score (nSPS) is 19.4. The largest absolute Gasteiger partial charge is 0.478 e. The van der Waals surface area contributed by atoms with Crippen molar-refractivity contribution in [2.45, 2.75) is 61.6 Å². The highest BCUT2D eigenvalue weighted by atomic mass is 32.2. The third-order valence-corrected chi connectivity index (χ3v) is 5.42. The zero-order valence-electron chi connectivity index (χ0n) is 11.0. The summed E-state index contributed by atoms with van der Waals surface area (Å²) in [6.45, 7) is 0. The van der Waals surface area contributed by atoms with Gasteiger partial charge in [-0.15, -0.1) is 11.8 Å². The van der Waals surface area contributed by atoms with Crippen LogP contribution in [0.5, 0.6) is 0 Å². The Kier molecular flexibility index (Phi) is 3.78. The summed E-state index contributed by atoms with van der Waals surface area (Å²) in [6.07, 6.45) is 9.35. The third-order valence-electron chi connectivity index (χ3n) is 4.08. The van der Waals surface area contributed by atoms with Crippen molar-refractivity contribution in [2.24, 2.45) is 0 Å². The highest BCUT2D eigenvalue weighted by Crippen LogP contribution is 2.36. The number of aryl methyl sites for hydroxylation is 2. The molecule has 0 saturated heterocycles. The quantitative estimate of drug-likeness (QED) is 0.915. The van der Waals surface area contributed by atoms with Crippen molar-refractivity contribution in [1.82, 2.24) is 4.98 Å². The monoisotopic (exact) mass is 277 g/mol. The van der Waals surface area contributed by atoms with Crippen molar-refractivity contribution in [3.63, 3.8) is 0 Å². The molecule has 102 valence electrons. The molecular weight excluding hydrogens is 258 g/mol. The second-order valence-electron chi connectivity index (χ2n) is 5.48. The van der Waals surface area contributed by atoms with Crippen LogP contribution in [-0.4, -0.2) is 21.3 Å². The SMILES string of the molecule is O=C(O)c1cc2c(nc1SC1CCCCC1)CCC2. The number of rotatable bonds is 3. The number of carbonyl (C=O) groups is 1. The molecule has 0 bridgehead atoms. The van der Waals surface area contributed by atoms with Gasteiger partial charge < -0.3 is 5.11 Å². The van der Waals surface area contributed by atoms with Crippen molar-refractivity contribution in [1.29, 1.82) is 0 Å². The predicted octanol–water partition coefficient (Wildman–Crippen LogP) is 3.69. The van der Waals surface area contributed by atoms with Gasteiger partial charge in [0.2, 0.25) is 0 Å². The van der Waals surface area contributed by atoms with Crippen LogP contribution in [0.1, 0.15) is 60.1 Å². The summed E-state index contributed by atoms with van der Waals surface area (Å²) in [5.74, 6) is -0.833. The molecule has 1 fully saturated rings. The molecule has 1 N–H and O–H groups in total. The first-order valence-corrected chi connectivity index (χ1v) is 8.05. The minimum Gasteiger partial charge on any atom is -0.478 e. The Morgan fingerprint density at radius 3 is 2.74 bits per heavy atom. The average molecular weight is 277 g/mol. The average Bonchev–Trinajstić information content (AvgIpc) is 2.86. The first kappa shape index (κ1) is 13.0. The van der Waals surface area contributed by atoms with Gasteiger partial charge in [0.05, 0.1) is 5.56 Å². The van der Waals surface area contributed by atoms with E-state index in [9.17, 15) is 9.90 Å². The van der Waals surface area contributed by atoms with E-state index >= 15 is 0 Å². The summed E-state index contributed by atoms with van der Waals surface area (Å²) in [5.41, 5.74) is 2.69. The third kappa shape index (κ3) is 2.78. The molecule has 0 unspecified atom stereocenters. The maximum Gasteiger partial charge on any atom is 0.338 e. The van der Waals surface area contributed by atoms with E-state index in [4.69, 9.17) is 0 Å². The molecule has 0 spiro atoms. The zero-order valence-corrected chi connectivity index (χ0v) is 11.8. The van der Waals surface area contributed by atoms with Crippen LogP contribution in [0, 0.1) is 0 Å². The Labute approximate surface area is 117 Å². The predicted molar refractivity (Wildman–Crippen MR) is 76.0 cm³/mol. The summed E-state index contributed by atoms with van der Waals surface area (Å²) in [5, 5.41) is 10.7.